The third-order valence-corrected chi connectivity index (χ3v) is 3.65. The van der Waals surface area contributed by atoms with Crippen LogP contribution in [0.2, 0.25) is 0 Å². The summed E-state index contributed by atoms with van der Waals surface area (Å²) in [4.78, 5) is 36.5. The van der Waals surface area contributed by atoms with E-state index in [1.165, 1.54) is 6.08 Å². The van der Waals surface area contributed by atoms with Crippen molar-refractivity contribution in [1.82, 2.24) is 10.2 Å². The first-order valence-corrected chi connectivity index (χ1v) is 7.70. The Labute approximate surface area is 138 Å². The lowest BCUT2D eigenvalue weighted by Crippen LogP contribution is -2.34. The highest BCUT2D eigenvalue weighted by Crippen LogP contribution is 2.21. The molecule has 4 N–H and O–H groups in total. The van der Waals surface area contributed by atoms with E-state index in [1.54, 1.807) is 24.3 Å². The van der Waals surface area contributed by atoms with Crippen molar-refractivity contribution in [2.75, 3.05) is 23.8 Å². The van der Waals surface area contributed by atoms with Crippen molar-refractivity contribution in [3.05, 3.63) is 36.0 Å². The van der Waals surface area contributed by atoms with Crippen LogP contribution in [-0.2, 0) is 9.59 Å². The van der Waals surface area contributed by atoms with Gasteiger partial charge in [0.25, 0.3) is 11.8 Å². The number of rotatable bonds is 6. The lowest BCUT2D eigenvalue weighted by molar-refractivity contribution is -0.137. The van der Waals surface area contributed by atoms with Crippen molar-refractivity contribution in [2.45, 2.75) is 18.9 Å². The van der Waals surface area contributed by atoms with Gasteiger partial charge in [0, 0.05) is 23.5 Å². The van der Waals surface area contributed by atoms with Gasteiger partial charge in [-0.1, -0.05) is 6.07 Å². The number of anilines is 2. The molecular weight excluding hydrogens is 312 g/mol. The average Bonchev–Trinajstić information content (AvgIpc) is 3.30. The highest BCUT2D eigenvalue weighted by atomic mass is 16.3. The first-order chi connectivity index (χ1) is 11.6. The third-order valence-electron chi connectivity index (χ3n) is 3.65. The maximum absolute atomic E-state index is 12.1. The maximum atomic E-state index is 12.1. The maximum Gasteiger partial charge on any atom is 0.319 e. The van der Waals surface area contributed by atoms with Gasteiger partial charge in [0.1, 0.15) is 5.70 Å². The molecule has 126 valence electrons. The van der Waals surface area contributed by atoms with Crippen LogP contribution >= 0.6 is 0 Å². The van der Waals surface area contributed by atoms with Gasteiger partial charge < -0.3 is 21.1 Å². The van der Waals surface area contributed by atoms with E-state index in [2.05, 4.69) is 16.0 Å². The predicted molar refractivity (Wildman–Crippen MR) is 87.1 cm³/mol. The topological polar surface area (TPSA) is 111 Å². The number of hydrogen-bond acceptors (Lipinski definition) is 5. The number of nitrogens with one attached hydrogen (secondary N) is 3. The van der Waals surface area contributed by atoms with Gasteiger partial charge in [-0.25, -0.2) is 4.79 Å². The van der Waals surface area contributed by atoms with E-state index in [0.29, 0.717) is 11.4 Å². The summed E-state index contributed by atoms with van der Waals surface area (Å²) in [7, 11) is 0. The Bertz CT molecular complexity index is 712. The molecule has 1 aliphatic heterocycles. The normalized spacial score (nSPS) is 16.9. The van der Waals surface area contributed by atoms with Crippen LogP contribution in [0.25, 0.3) is 0 Å². The fourth-order valence-electron chi connectivity index (χ4n) is 2.32. The molecule has 1 heterocycles. The molecule has 4 amide bonds. The minimum absolute atomic E-state index is 0.0394. The molecule has 0 atom stereocenters. The van der Waals surface area contributed by atoms with Crippen LogP contribution in [0.4, 0.5) is 16.2 Å². The minimum atomic E-state index is -0.487. The Morgan fingerprint density at radius 3 is 2.71 bits per heavy atom. The molecule has 1 aliphatic carbocycles. The second-order valence-corrected chi connectivity index (χ2v) is 5.66. The van der Waals surface area contributed by atoms with Crippen molar-refractivity contribution < 1.29 is 19.5 Å². The molecular formula is C16H18N4O4. The quantitative estimate of drug-likeness (QED) is 0.572. The fraction of sp³-hybridized carbons (Fsp3) is 0.312. The van der Waals surface area contributed by atoms with E-state index < -0.39 is 11.8 Å². The third kappa shape index (κ3) is 3.72. The van der Waals surface area contributed by atoms with Crippen LogP contribution in [0.15, 0.2) is 36.0 Å². The van der Waals surface area contributed by atoms with Crippen LogP contribution in [0.1, 0.15) is 12.8 Å². The largest absolute Gasteiger partial charge is 0.395 e. The number of imide groups is 1. The summed E-state index contributed by atoms with van der Waals surface area (Å²) in [5.74, 6) is -0.950. The summed E-state index contributed by atoms with van der Waals surface area (Å²) in [6.07, 6.45) is 3.20. The van der Waals surface area contributed by atoms with E-state index in [0.717, 1.165) is 17.7 Å². The molecule has 0 saturated heterocycles. The van der Waals surface area contributed by atoms with Crippen molar-refractivity contribution >= 4 is 29.2 Å². The number of nitrogens with zero attached hydrogens (tertiary/aromatic N) is 1. The Kier molecular flexibility index (Phi) is 4.48. The van der Waals surface area contributed by atoms with Gasteiger partial charge in [-0.3, -0.25) is 14.5 Å². The van der Waals surface area contributed by atoms with Crippen molar-refractivity contribution in [1.29, 1.82) is 0 Å². The molecule has 1 aromatic carbocycles. The van der Waals surface area contributed by atoms with Crippen LogP contribution in [0, 0.1) is 0 Å². The zero-order valence-electron chi connectivity index (χ0n) is 12.9. The molecule has 0 spiro atoms. The number of benzene rings is 1. The van der Waals surface area contributed by atoms with Gasteiger partial charge in [0.05, 0.1) is 13.2 Å². The van der Waals surface area contributed by atoms with Gasteiger partial charge in [-0.2, -0.15) is 0 Å². The molecule has 0 radical (unpaired) electrons. The molecule has 1 fully saturated rings. The first-order valence-electron chi connectivity index (χ1n) is 7.70. The number of carbonyl (C=O) groups excluding carboxylic acids is 3. The standard InChI is InChI=1S/C16H18N4O4/c21-7-6-20-14(22)9-13(15(20)23)17-11-2-1-3-12(8-11)19-16(24)18-10-4-5-10/h1-3,8-10,17,21H,4-7H2,(H2,18,19,24). The number of urea groups is 1. The van der Waals surface area contributed by atoms with Crippen LogP contribution in [0.5, 0.6) is 0 Å². The lowest BCUT2D eigenvalue weighted by atomic mass is 10.2. The summed E-state index contributed by atoms with van der Waals surface area (Å²) in [5.41, 5.74) is 1.27. The summed E-state index contributed by atoms with van der Waals surface area (Å²) in [6, 6.07) is 6.83. The van der Waals surface area contributed by atoms with Crippen molar-refractivity contribution in [2.24, 2.45) is 0 Å². The summed E-state index contributed by atoms with van der Waals surface area (Å²) in [5, 5.41) is 17.3. The van der Waals surface area contributed by atoms with Crippen molar-refractivity contribution in [3.63, 3.8) is 0 Å². The van der Waals surface area contributed by atoms with Gasteiger partial charge in [0.15, 0.2) is 0 Å². The molecule has 1 aromatic rings. The summed E-state index contributed by atoms with van der Waals surface area (Å²) >= 11 is 0. The molecule has 0 unspecified atom stereocenters. The highest BCUT2D eigenvalue weighted by Gasteiger charge is 2.30. The Morgan fingerprint density at radius 1 is 1.25 bits per heavy atom. The molecule has 2 aliphatic rings. The van der Waals surface area contributed by atoms with E-state index in [4.69, 9.17) is 5.11 Å². The van der Waals surface area contributed by atoms with Crippen LogP contribution in [0.3, 0.4) is 0 Å². The van der Waals surface area contributed by atoms with Gasteiger partial charge >= 0.3 is 6.03 Å². The lowest BCUT2D eigenvalue weighted by Gasteiger charge is -2.14. The Balaban J connectivity index is 1.64. The predicted octanol–water partition coefficient (Wildman–Crippen LogP) is 0.627. The first kappa shape index (κ1) is 16.0. The average molecular weight is 330 g/mol. The molecule has 8 nitrogen and oxygen atoms in total. The van der Waals surface area contributed by atoms with E-state index in [-0.39, 0.29) is 30.9 Å². The zero-order chi connectivity index (χ0) is 17.1. The summed E-state index contributed by atoms with van der Waals surface area (Å²) < 4.78 is 0. The Morgan fingerprint density at radius 2 is 2.00 bits per heavy atom. The van der Waals surface area contributed by atoms with Gasteiger partial charge in [-0.15, -0.1) is 0 Å². The van der Waals surface area contributed by atoms with Crippen LogP contribution < -0.4 is 16.0 Å². The molecule has 1 saturated carbocycles. The number of carbonyl (C=O) groups is 3. The zero-order valence-corrected chi connectivity index (χ0v) is 12.9. The Hall–Kier alpha value is -2.87. The van der Waals surface area contributed by atoms with Gasteiger partial charge in [-0.05, 0) is 31.0 Å². The van der Waals surface area contributed by atoms with E-state index in [9.17, 15) is 14.4 Å². The molecule has 8 heteroatoms. The molecule has 3 rings (SSSR count). The second-order valence-electron chi connectivity index (χ2n) is 5.66. The number of amides is 4. The number of hydrogen-bond donors (Lipinski definition) is 4. The fourth-order valence-corrected chi connectivity index (χ4v) is 2.32. The smallest absolute Gasteiger partial charge is 0.319 e. The number of aliphatic hydroxyl groups is 1. The van der Waals surface area contributed by atoms with Gasteiger partial charge in [0.2, 0.25) is 0 Å². The number of β-amino-alcohol motifs (C(OH)–C–C–N with tert-alkyl or cyclic N) is 1. The molecule has 0 aromatic heterocycles. The summed E-state index contributed by atoms with van der Waals surface area (Å²) in [6.45, 7) is -0.323. The van der Waals surface area contributed by atoms with E-state index >= 15 is 0 Å². The monoisotopic (exact) mass is 330 g/mol. The SMILES string of the molecule is O=C(Nc1cccc(NC2=CC(=O)N(CCO)C2=O)c1)NC1CC1. The van der Waals surface area contributed by atoms with Crippen molar-refractivity contribution in [3.8, 4) is 0 Å². The highest BCUT2D eigenvalue weighted by molar-refractivity contribution is 6.17. The van der Waals surface area contributed by atoms with Crippen LogP contribution in [-0.4, -0.2) is 47.0 Å². The minimum Gasteiger partial charge on any atom is -0.395 e. The molecule has 24 heavy (non-hydrogen) atoms. The number of aliphatic hydroxyl groups excluding tert-OH is 1. The molecule has 0 bridgehead atoms. The van der Waals surface area contributed by atoms with E-state index in [1.807, 2.05) is 0 Å². The second kappa shape index (κ2) is 6.71.